The lowest BCUT2D eigenvalue weighted by Gasteiger charge is -2.16. The predicted octanol–water partition coefficient (Wildman–Crippen LogP) is 11.5. The third-order valence-corrected chi connectivity index (χ3v) is 6.86. The van der Waals surface area contributed by atoms with Crippen molar-refractivity contribution in [3.05, 3.63) is 145 Å². The quantitative estimate of drug-likeness (QED) is 0.156. The average molecular weight is 545 g/mol. The highest BCUT2D eigenvalue weighted by molar-refractivity contribution is 6.27. The van der Waals surface area contributed by atoms with E-state index in [-0.39, 0.29) is 0 Å². The van der Waals surface area contributed by atoms with Crippen molar-refractivity contribution in [2.24, 2.45) is 0 Å². The molecule has 0 spiro atoms. The maximum atomic E-state index is 9.80. The summed E-state index contributed by atoms with van der Waals surface area (Å²) in [5.41, 5.74) is -3.93. The fourth-order valence-electron chi connectivity index (χ4n) is 5.14. The fourth-order valence-corrected chi connectivity index (χ4v) is 5.14. The average Bonchev–Trinajstić information content (AvgIpc) is 3.66. The minimum Gasteiger partial charge on any atom is -0.455 e. The topological polar surface area (TPSA) is 13.1 Å². The highest BCUT2D eigenvalue weighted by atomic mass is 16.3. The summed E-state index contributed by atoms with van der Waals surface area (Å²) >= 11 is 0. The van der Waals surface area contributed by atoms with E-state index in [9.17, 15) is 8.22 Å². The lowest BCUT2D eigenvalue weighted by molar-refractivity contribution is 0.674. The predicted molar refractivity (Wildman–Crippen MR) is 175 cm³/mol. The van der Waals surface area contributed by atoms with Gasteiger partial charge in [-0.25, -0.2) is 0 Å². The minimum atomic E-state index is -0.989. The molecule has 0 radical (unpaired) electrons. The van der Waals surface area contributed by atoms with Crippen molar-refractivity contribution < 1.29 is 37.3 Å². The van der Waals surface area contributed by atoms with Crippen molar-refractivity contribution in [3.63, 3.8) is 0 Å². The fraction of sp³-hybridized carbons (Fsp3) is 0. The molecule has 1 heterocycles. The Balaban J connectivity index is 1.73. The number of furan rings is 1. The first-order valence-corrected chi connectivity index (χ1v) is 12.2. The molecule has 0 saturated carbocycles. The van der Waals surface area contributed by atoms with Crippen LogP contribution in [0.3, 0.4) is 0 Å². The van der Waals surface area contributed by atoms with Gasteiger partial charge in [-0.3, -0.25) is 0 Å². The van der Waals surface area contributed by atoms with Gasteiger partial charge >= 0.3 is 0 Å². The minimum absolute atomic E-state index is 0.492. The molecule has 0 N–H and O–H groups in total. The molecular formula is C40H24O. The highest BCUT2D eigenvalue weighted by Crippen LogP contribution is 2.47. The summed E-state index contributed by atoms with van der Waals surface area (Å²) in [5.74, 6) is 0. The summed E-state index contributed by atoms with van der Waals surface area (Å²) in [4.78, 5) is 0. The van der Waals surface area contributed by atoms with Crippen molar-refractivity contribution in [2.45, 2.75) is 0 Å². The van der Waals surface area contributed by atoms with Gasteiger partial charge in [0.1, 0.15) is 11.2 Å². The van der Waals surface area contributed by atoms with Crippen LogP contribution in [0.15, 0.2) is 149 Å². The summed E-state index contributed by atoms with van der Waals surface area (Å²) in [6.07, 6.45) is 0. The van der Waals surface area contributed by atoms with E-state index in [1.165, 1.54) is 0 Å². The first kappa shape index (κ1) is 9.33. The highest BCUT2D eigenvalue weighted by Gasteiger charge is 2.21. The second-order valence-electron chi connectivity index (χ2n) is 9.01. The van der Waals surface area contributed by atoms with Crippen LogP contribution in [0.2, 0.25) is 0 Å². The molecule has 41 heavy (non-hydrogen) atoms. The first-order chi connectivity index (χ1) is 30.3. The van der Waals surface area contributed by atoms with Crippen LogP contribution >= 0.6 is 0 Å². The number of fused-ring (bicyclic) bond motifs is 9. The molecule has 0 saturated heterocycles. The van der Waals surface area contributed by atoms with E-state index in [2.05, 4.69) is 0 Å². The van der Waals surface area contributed by atoms with E-state index in [0.717, 1.165) is 0 Å². The van der Waals surface area contributed by atoms with E-state index < -0.39 is 232 Å². The molecule has 0 fully saturated rings. The lowest BCUT2D eigenvalue weighted by atomic mass is 9.87. The van der Waals surface area contributed by atoms with Crippen LogP contribution in [-0.4, -0.2) is 0 Å². The molecule has 1 nitrogen and oxygen atoms in total. The molecule has 9 aromatic rings. The summed E-state index contributed by atoms with van der Waals surface area (Å²) < 4.78 is 220. The third-order valence-electron chi connectivity index (χ3n) is 6.86. The van der Waals surface area contributed by atoms with Gasteiger partial charge in [-0.15, -0.1) is 0 Å². The molecule has 190 valence electrons. The SMILES string of the molecule is [2H]c1c([2H])c([2H])c(-c2c([2H])c([2H])c(-c3c4c([2H])c([2H])c([2H])c([2H])c4c([2H])c4c3c([2H])c([2H])c3c([2H])c([2H])c([2H])c([2H])c34)c3c2oc2c4c([2H])c([2H])c([2H])c([2H])c4c([2H])c([2H])c23)c([2H])c1[2H]. The summed E-state index contributed by atoms with van der Waals surface area (Å²) in [7, 11) is 0. The molecule has 0 aliphatic heterocycles. The van der Waals surface area contributed by atoms with Crippen molar-refractivity contribution in [1.82, 2.24) is 0 Å². The van der Waals surface area contributed by atoms with Gasteiger partial charge in [0.05, 0.1) is 32.9 Å². The van der Waals surface area contributed by atoms with Crippen molar-refractivity contribution in [3.8, 4) is 22.3 Å². The lowest BCUT2D eigenvalue weighted by Crippen LogP contribution is -1.89. The second-order valence-corrected chi connectivity index (χ2v) is 9.01. The maximum Gasteiger partial charge on any atom is 0.143 e. The normalized spacial score (nSPS) is 20.1. The first-order valence-electron chi connectivity index (χ1n) is 24.2. The van der Waals surface area contributed by atoms with Gasteiger partial charge in [0.2, 0.25) is 0 Å². The number of hydrogen-bond donors (Lipinski definition) is 0. The number of benzene rings is 8. The third kappa shape index (κ3) is 3.24. The monoisotopic (exact) mass is 544 g/mol. The molecule has 1 aromatic heterocycles. The zero-order valence-electron chi connectivity index (χ0n) is 44.4. The number of hydrogen-bond acceptors (Lipinski definition) is 1. The Hall–Kier alpha value is -5.40. The van der Waals surface area contributed by atoms with Gasteiger partial charge in [0, 0.05) is 21.7 Å². The molecule has 1 heteroatoms. The Morgan fingerprint density at radius 1 is 0.390 bits per heavy atom. The van der Waals surface area contributed by atoms with Crippen LogP contribution in [0.5, 0.6) is 0 Å². The zero-order valence-corrected chi connectivity index (χ0v) is 20.4. The van der Waals surface area contributed by atoms with Crippen LogP contribution < -0.4 is 0 Å². The molecule has 8 aromatic carbocycles. The van der Waals surface area contributed by atoms with Gasteiger partial charge in [-0.2, -0.15) is 0 Å². The van der Waals surface area contributed by atoms with E-state index in [0.29, 0.717) is 0 Å². The van der Waals surface area contributed by atoms with E-state index >= 15 is 0 Å². The molecule has 0 amide bonds. The van der Waals surface area contributed by atoms with Gasteiger partial charge in [0.25, 0.3) is 0 Å². The van der Waals surface area contributed by atoms with Crippen LogP contribution in [-0.2, 0) is 0 Å². The summed E-state index contributed by atoms with van der Waals surface area (Å²) in [6.45, 7) is 0. The Morgan fingerprint density at radius 2 is 1.00 bits per heavy atom. The largest absolute Gasteiger partial charge is 0.455 e. The smallest absolute Gasteiger partial charge is 0.143 e. The zero-order chi connectivity index (χ0) is 47.8. The Kier molecular flexibility index (Phi) is 1.94. The van der Waals surface area contributed by atoms with Crippen molar-refractivity contribution >= 4 is 65.0 Å². The molecule has 9 rings (SSSR count). The molecular weight excluding hydrogens is 496 g/mol. The van der Waals surface area contributed by atoms with E-state index in [4.69, 9.17) is 29.1 Å². The van der Waals surface area contributed by atoms with Crippen molar-refractivity contribution in [1.29, 1.82) is 0 Å². The second kappa shape index (κ2) is 8.55. The number of rotatable bonds is 2. The Morgan fingerprint density at radius 3 is 1.80 bits per heavy atom. The molecule has 0 unspecified atom stereocenters. The molecule has 0 atom stereocenters. The van der Waals surface area contributed by atoms with Gasteiger partial charge in [-0.05, 0) is 72.5 Å². The van der Waals surface area contributed by atoms with Crippen LogP contribution in [0.1, 0.15) is 32.9 Å². The summed E-state index contributed by atoms with van der Waals surface area (Å²) in [5, 5.41) is -5.51. The Labute approximate surface area is 270 Å². The van der Waals surface area contributed by atoms with Crippen LogP contribution in [0, 0.1) is 0 Å². The standard InChI is InChI=1S/C40H24O/c1-2-10-25(11-3-1)32-22-23-34(38-35-21-19-27-13-5-9-17-31(27)39(35)41-40(32)38)37-30-16-8-6-14-28(30)24-36-29-15-7-4-12-26(29)18-20-33(36)37/h1-24H/i1D,2D,3D,4D,5D,6D,7D,8D,9D,10D,11D,12D,13D,14D,15D,16D,17D,18D,19D,20D,21D,22D,23D,24D. The van der Waals surface area contributed by atoms with Crippen molar-refractivity contribution in [2.75, 3.05) is 0 Å². The van der Waals surface area contributed by atoms with Crippen LogP contribution in [0.25, 0.3) is 87.3 Å². The summed E-state index contributed by atoms with van der Waals surface area (Å²) in [6, 6.07) is -20.4. The molecule has 0 bridgehead atoms. The molecule has 0 aliphatic rings. The van der Waals surface area contributed by atoms with E-state index in [1.807, 2.05) is 0 Å². The maximum absolute atomic E-state index is 9.80. The van der Waals surface area contributed by atoms with Gasteiger partial charge < -0.3 is 4.42 Å². The Bertz CT molecular complexity index is 3790. The van der Waals surface area contributed by atoms with Crippen LogP contribution in [0.4, 0.5) is 0 Å². The van der Waals surface area contributed by atoms with Gasteiger partial charge in [0.15, 0.2) is 0 Å². The van der Waals surface area contributed by atoms with E-state index in [1.54, 1.807) is 0 Å². The molecule has 0 aliphatic carbocycles. The van der Waals surface area contributed by atoms with Gasteiger partial charge in [-0.1, -0.05) is 127 Å².